The SMILES string of the molecule is CC(=O)CSC[C@H](C)C(=O)NC1(C(N)=O)CC1. The van der Waals surface area contributed by atoms with Crippen LogP contribution in [0.1, 0.15) is 26.7 Å². The van der Waals surface area contributed by atoms with Crippen LogP contribution in [0, 0.1) is 5.92 Å². The first-order valence-corrected chi connectivity index (χ1v) is 6.72. The molecule has 17 heavy (non-hydrogen) atoms. The van der Waals surface area contributed by atoms with Crippen molar-refractivity contribution in [2.45, 2.75) is 32.2 Å². The number of Topliss-reactive ketones (excluding diaryl/α,β-unsaturated/α-hetero) is 1. The minimum Gasteiger partial charge on any atom is -0.368 e. The summed E-state index contributed by atoms with van der Waals surface area (Å²) in [7, 11) is 0. The van der Waals surface area contributed by atoms with Crippen LogP contribution in [-0.2, 0) is 14.4 Å². The molecule has 1 fully saturated rings. The van der Waals surface area contributed by atoms with Crippen LogP contribution in [0.5, 0.6) is 0 Å². The molecular formula is C11H18N2O3S. The lowest BCUT2D eigenvalue weighted by Crippen LogP contribution is -2.48. The molecule has 1 saturated carbocycles. The monoisotopic (exact) mass is 258 g/mol. The number of carbonyl (C=O) groups is 3. The zero-order valence-electron chi connectivity index (χ0n) is 10.1. The Hall–Kier alpha value is -1.04. The number of ketones is 1. The lowest BCUT2D eigenvalue weighted by Gasteiger charge is -2.17. The molecule has 3 N–H and O–H groups in total. The summed E-state index contributed by atoms with van der Waals surface area (Å²) in [5, 5.41) is 2.69. The van der Waals surface area contributed by atoms with Gasteiger partial charge in [0, 0.05) is 11.7 Å². The Morgan fingerprint density at radius 1 is 1.41 bits per heavy atom. The summed E-state index contributed by atoms with van der Waals surface area (Å²) in [6, 6.07) is 0. The predicted octanol–water partition coefficient (Wildman–Crippen LogP) is 0.0788. The van der Waals surface area contributed by atoms with Crippen molar-refractivity contribution in [3.8, 4) is 0 Å². The van der Waals surface area contributed by atoms with Gasteiger partial charge < -0.3 is 11.1 Å². The fraction of sp³-hybridized carbons (Fsp3) is 0.727. The molecule has 0 aromatic rings. The van der Waals surface area contributed by atoms with E-state index in [0.717, 1.165) is 0 Å². The van der Waals surface area contributed by atoms with Crippen molar-refractivity contribution in [1.82, 2.24) is 5.32 Å². The molecule has 0 spiro atoms. The van der Waals surface area contributed by atoms with Gasteiger partial charge in [-0.15, -0.1) is 0 Å². The topological polar surface area (TPSA) is 89.3 Å². The summed E-state index contributed by atoms with van der Waals surface area (Å²) >= 11 is 1.43. The van der Waals surface area contributed by atoms with Crippen molar-refractivity contribution < 1.29 is 14.4 Å². The molecule has 1 atom stereocenters. The molecule has 0 heterocycles. The Balaban J connectivity index is 2.32. The molecular weight excluding hydrogens is 240 g/mol. The van der Waals surface area contributed by atoms with Gasteiger partial charge in [-0.05, 0) is 19.8 Å². The molecule has 6 heteroatoms. The average molecular weight is 258 g/mol. The minimum absolute atomic E-state index is 0.0957. The van der Waals surface area contributed by atoms with Gasteiger partial charge in [0.25, 0.3) is 0 Å². The summed E-state index contributed by atoms with van der Waals surface area (Å²) in [6.45, 7) is 3.30. The number of primary amides is 1. The number of nitrogens with two attached hydrogens (primary N) is 1. The molecule has 1 rings (SSSR count). The maximum Gasteiger partial charge on any atom is 0.243 e. The number of amides is 2. The number of thioether (sulfide) groups is 1. The molecule has 5 nitrogen and oxygen atoms in total. The third-order valence-corrected chi connectivity index (χ3v) is 4.05. The van der Waals surface area contributed by atoms with Crippen molar-refractivity contribution >= 4 is 29.4 Å². The number of hydrogen-bond donors (Lipinski definition) is 2. The summed E-state index contributed by atoms with van der Waals surface area (Å²) in [5.74, 6) is 0.222. The van der Waals surface area contributed by atoms with Crippen LogP contribution < -0.4 is 11.1 Å². The van der Waals surface area contributed by atoms with Gasteiger partial charge in [-0.25, -0.2) is 0 Å². The minimum atomic E-state index is -0.795. The molecule has 0 aliphatic heterocycles. The average Bonchev–Trinajstić information content (AvgIpc) is 2.98. The number of rotatable bonds is 7. The Labute approximate surface area is 105 Å². The molecule has 0 unspecified atom stereocenters. The van der Waals surface area contributed by atoms with E-state index < -0.39 is 11.4 Å². The number of hydrogen-bond acceptors (Lipinski definition) is 4. The van der Waals surface area contributed by atoms with E-state index in [9.17, 15) is 14.4 Å². The van der Waals surface area contributed by atoms with Crippen LogP contribution >= 0.6 is 11.8 Å². The highest BCUT2D eigenvalue weighted by Crippen LogP contribution is 2.35. The quantitative estimate of drug-likeness (QED) is 0.676. The van der Waals surface area contributed by atoms with Gasteiger partial charge >= 0.3 is 0 Å². The van der Waals surface area contributed by atoms with Crippen LogP contribution in [-0.4, -0.2) is 34.6 Å². The van der Waals surface area contributed by atoms with Crippen molar-refractivity contribution in [2.24, 2.45) is 11.7 Å². The van der Waals surface area contributed by atoms with Gasteiger partial charge in [-0.2, -0.15) is 11.8 Å². The normalized spacial score (nSPS) is 18.2. The van der Waals surface area contributed by atoms with Crippen molar-refractivity contribution in [2.75, 3.05) is 11.5 Å². The van der Waals surface area contributed by atoms with E-state index in [4.69, 9.17) is 5.73 Å². The van der Waals surface area contributed by atoms with E-state index in [0.29, 0.717) is 24.3 Å². The maximum absolute atomic E-state index is 11.8. The Bertz CT molecular complexity index is 340. The van der Waals surface area contributed by atoms with Crippen LogP contribution in [0.25, 0.3) is 0 Å². The Morgan fingerprint density at radius 2 is 2.00 bits per heavy atom. The van der Waals surface area contributed by atoms with Gasteiger partial charge in [-0.1, -0.05) is 6.92 Å². The second kappa shape index (κ2) is 5.53. The van der Waals surface area contributed by atoms with Crippen LogP contribution in [0.4, 0.5) is 0 Å². The highest BCUT2D eigenvalue weighted by molar-refractivity contribution is 7.99. The molecule has 96 valence electrons. The van der Waals surface area contributed by atoms with E-state index in [1.165, 1.54) is 18.7 Å². The summed E-state index contributed by atoms with van der Waals surface area (Å²) in [4.78, 5) is 33.6. The van der Waals surface area contributed by atoms with Gasteiger partial charge in [0.05, 0.1) is 5.75 Å². The third kappa shape index (κ3) is 4.03. The number of nitrogens with one attached hydrogen (secondary N) is 1. The second-order valence-electron chi connectivity index (χ2n) is 4.55. The van der Waals surface area contributed by atoms with E-state index in [-0.39, 0.29) is 17.6 Å². The highest BCUT2D eigenvalue weighted by Gasteiger charge is 2.50. The zero-order valence-corrected chi connectivity index (χ0v) is 10.9. The van der Waals surface area contributed by atoms with Crippen LogP contribution in [0.2, 0.25) is 0 Å². The van der Waals surface area contributed by atoms with E-state index in [2.05, 4.69) is 5.32 Å². The lowest BCUT2D eigenvalue weighted by molar-refractivity contribution is -0.130. The van der Waals surface area contributed by atoms with Crippen molar-refractivity contribution in [3.05, 3.63) is 0 Å². The van der Waals surface area contributed by atoms with Gasteiger partial charge in [0.15, 0.2) is 0 Å². The molecule has 0 aromatic heterocycles. The molecule has 0 saturated heterocycles. The van der Waals surface area contributed by atoms with E-state index in [1.54, 1.807) is 6.92 Å². The first-order valence-electron chi connectivity index (χ1n) is 5.56. The highest BCUT2D eigenvalue weighted by atomic mass is 32.2. The maximum atomic E-state index is 11.8. The largest absolute Gasteiger partial charge is 0.368 e. The molecule has 1 aliphatic rings. The lowest BCUT2D eigenvalue weighted by atomic mass is 10.1. The molecule has 0 bridgehead atoms. The van der Waals surface area contributed by atoms with Crippen LogP contribution in [0.3, 0.4) is 0 Å². The number of carbonyl (C=O) groups excluding carboxylic acids is 3. The van der Waals surface area contributed by atoms with Crippen LogP contribution in [0.15, 0.2) is 0 Å². The van der Waals surface area contributed by atoms with Crippen molar-refractivity contribution in [3.63, 3.8) is 0 Å². The van der Waals surface area contributed by atoms with Gasteiger partial charge in [0.1, 0.15) is 11.3 Å². The molecule has 0 radical (unpaired) electrons. The Morgan fingerprint density at radius 3 is 2.41 bits per heavy atom. The summed E-state index contributed by atoms with van der Waals surface area (Å²) in [6.07, 6.45) is 1.25. The fourth-order valence-corrected chi connectivity index (χ4v) is 2.28. The second-order valence-corrected chi connectivity index (χ2v) is 5.58. The first kappa shape index (κ1) is 14.0. The Kier molecular flexibility index (Phi) is 4.56. The van der Waals surface area contributed by atoms with E-state index in [1.807, 2.05) is 0 Å². The van der Waals surface area contributed by atoms with Crippen molar-refractivity contribution in [1.29, 1.82) is 0 Å². The standard InChI is InChI=1S/C11H18N2O3S/c1-7(5-17-6-8(2)14)9(15)13-11(3-4-11)10(12)16/h7H,3-6H2,1-2H3,(H2,12,16)(H,13,15)/t7-/m0/s1. The fourth-order valence-electron chi connectivity index (χ4n) is 1.37. The van der Waals surface area contributed by atoms with E-state index >= 15 is 0 Å². The first-order chi connectivity index (χ1) is 7.87. The zero-order chi connectivity index (χ0) is 13.1. The predicted molar refractivity (Wildman–Crippen MR) is 66.5 cm³/mol. The molecule has 0 aromatic carbocycles. The molecule has 1 aliphatic carbocycles. The third-order valence-electron chi connectivity index (χ3n) is 2.70. The van der Waals surface area contributed by atoms with Gasteiger partial charge in [-0.3, -0.25) is 14.4 Å². The summed E-state index contributed by atoms with van der Waals surface area (Å²) in [5.41, 5.74) is 4.42. The van der Waals surface area contributed by atoms with Gasteiger partial charge in [0.2, 0.25) is 11.8 Å². The molecule has 2 amide bonds. The summed E-state index contributed by atoms with van der Waals surface area (Å²) < 4.78 is 0. The smallest absolute Gasteiger partial charge is 0.243 e.